The molecule has 0 saturated carbocycles. The molecule has 0 aliphatic carbocycles. The molecule has 0 aromatic rings. The van der Waals surface area contributed by atoms with Crippen LogP contribution in [0.5, 0.6) is 0 Å². The van der Waals surface area contributed by atoms with Crippen LogP contribution in [-0.2, 0) is 9.59 Å². The van der Waals surface area contributed by atoms with Crippen LogP contribution in [0.3, 0.4) is 0 Å². The molecule has 0 bridgehead atoms. The number of carboxylic acids is 2. The first-order valence-corrected chi connectivity index (χ1v) is 3.94. The van der Waals surface area contributed by atoms with Gasteiger partial charge in [-0.2, -0.15) is 8.78 Å². The van der Waals surface area contributed by atoms with Gasteiger partial charge in [0, 0.05) is 6.42 Å². The average Bonchev–Trinajstić information content (AvgIpc) is 2.11. The zero-order chi connectivity index (χ0) is 12.1. The van der Waals surface area contributed by atoms with Gasteiger partial charge in [-0.25, -0.2) is 9.71 Å². The fourth-order valence-corrected chi connectivity index (χ4v) is 0.819. The lowest BCUT2D eigenvalue weighted by Crippen LogP contribution is -2.49. The maximum atomic E-state index is 12.4. The van der Waals surface area contributed by atoms with Gasteiger partial charge in [0.1, 0.15) is 6.04 Å². The van der Waals surface area contributed by atoms with Crippen molar-refractivity contribution >= 4 is 11.9 Å². The summed E-state index contributed by atoms with van der Waals surface area (Å²) < 4.78 is 36.5. The van der Waals surface area contributed by atoms with Gasteiger partial charge in [0.25, 0.3) is 0 Å². The number of carboxylic acid groups (broad SMARTS) is 2. The van der Waals surface area contributed by atoms with Crippen LogP contribution in [-0.4, -0.2) is 40.9 Å². The normalized spacial score (nSPS) is 13.5. The van der Waals surface area contributed by atoms with Gasteiger partial charge in [-0.05, 0) is 6.42 Å². The maximum absolute atomic E-state index is 12.4. The molecule has 0 aliphatic heterocycles. The minimum absolute atomic E-state index is 0.541. The zero-order valence-corrected chi connectivity index (χ0v) is 7.54. The number of carbonyl (C=O) groups is 2. The first kappa shape index (κ1) is 13.7. The van der Waals surface area contributed by atoms with Crippen molar-refractivity contribution in [3.8, 4) is 0 Å². The van der Waals surface area contributed by atoms with E-state index in [4.69, 9.17) is 10.2 Å². The van der Waals surface area contributed by atoms with Crippen LogP contribution in [0.15, 0.2) is 0 Å². The number of halogens is 3. The van der Waals surface area contributed by atoms with Crippen LogP contribution in [0.1, 0.15) is 12.8 Å². The first-order valence-electron chi connectivity index (χ1n) is 3.94. The molecular formula is C7H10F3NO4. The van der Waals surface area contributed by atoms with E-state index in [-0.39, 0.29) is 0 Å². The van der Waals surface area contributed by atoms with Crippen LogP contribution in [0.25, 0.3) is 0 Å². The molecule has 0 fully saturated rings. The molecular weight excluding hydrogens is 219 g/mol. The van der Waals surface area contributed by atoms with Crippen LogP contribution in [0.4, 0.5) is 13.2 Å². The summed E-state index contributed by atoms with van der Waals surface area (Å²) >= 11 is 0. The van der Waals surface area contributed by atoms with Gasteiger partial charge < -0.3 is 10.2 Å². The third-order valence-electron chi connectivity index (χ3n) is 1.50. The fraction of sp³-hybridized carbons (Fsp3) is 0.714. The van der Waals surface area contributed by atoms with Crippen molar-refractivity contribution in [2.75, 3.05) is 6.67 Å². The Bertz CT molecular complexity index is 246. The summed E-state index contributed by atoms with van der Waals surface area (Å²) in [5.41, 5.74) is 0. The van der Waals surface area contributed by atoms with Crippen LogP contribution in [0.2, 0.25) is 0 Å². The Morgan fingerprint density at radius 2 is 1.87 bits per heavy atom. The zero-order valence-electron chi connectivity index (χ0n) is 7.54. The van der Waals surface area contributed by atoms with Crippen molar-refractivity contribution in [3.05, 3.63) is 0 Å². The Morgan fingerprint density at radius 1 is 1.33 bits per heavy atom. The van der Waals surface area contributed by atoms with E-state index < -0.39 is 43.5 Å². The lowest BCUT2D eigenvalue weighted by molar-refractivity contribution is -0.146. The monoisotopic (exact) mass is 229 g/mol. The van der Waals surface area contributed by atoms with Gasteiger partial charge >= 0.3 is 18.0 Å². The SMILES string of the molecule is O=C(O)CC[C@H](NC(F)(F)CF)C(=O)O. The van der Waals surface area contributed by atoms with Crippen molar-refractivity contribution in [1.29, 1.82) is 0 Å². The highest BCUT2D eigenvalue weighted by Crippen LogP contribution is 2.12. The third kappa shape index (κ3) is 5.89. The number of aliphatic carboxylic acids is 2. The van der Waals surface area contributed by atoms with E-state index in [1.807, 2.05) is 0 Å². The number of alkyl halides is 3. The van der Waals surface area contributed by atoms with E-state index >= 15 is 0 Å². The highest BCUT2D eigenvalue weighted by atomic mass is 19.3. The molecule has 0 rings (SSSR count). The standard InChI is InChI=1S/C7H10F3NO4/c8-3-7(9,10)11-4(6(14)15)1-2-5(12)13/h4,11H,1-3H2,(H,12,13)(H,14,15)/t4-/m0/s1. The molecule has 8 heteroatoms. The summed E-state index contributed by atoms with van der Waals surface area (Å²) in [5.74, 6) is -2.96. The second kappa shape index (κ2) is 5.54. The van der Waals surface area contributed by atoms with Gasteiger partial charge in [0.2, 0.25) is 0 Å². The molecule has 0 spiro atoms. The smallest absolute Gasteiger partial charge is 0.331 e. The molecule has 0 unspecified atom stereocenters. The number of hydrogen-bond donors (Lipinski definition) is 3. The summed E-state index contributed by atoms with van der Waals surface area (Å²) in [6.07, 6.45) is -1.13. The second-order valence-electron chi connectivity index (χ2n) is 2.81. The molecule has 0 heterocycles. The van der Waals surface area contributed by atoms with Crippen molar-refractivity contribution in [3.63, 3.8) is 0 Å². The lowest BCUT2D eigenvalue weighted by Gasteiger charge is -2.19. The van der Waals surface area contributed by atoms with Crippen molar-refractivity contribution in [2.24, 2.45) is 0 Å². The molecule has 1 atom stereocenters. The molecule has 3 N–H and O–H groups in total. The summed E-state index contributed by atoms with van der Waals surface area (Å²) in [6.45, 7) is -2.05. The highest BCUT2D eigenvalue weighted by molar-refractivity contribution is 5.75. The van der Waals surface area contributed by atoms with E-state index in [1.54, 1.807) is 0 Å². The van der Waals surface area contributed by atoms with E-state index in [9.17, 15) is 22.8 Å². The van der Waals surface area contributed by atoms with E-state index in [2.05, 4.69) is 0 Å². The molecule has 15 heavy (non-hydrogen) atoms. The van der Waals surface area contributed by atoms with Crippen molar-refractivity contribution in [2.45, 2.75) is 24.9 Å². The lowest BCUT2D eigenvalue weighted by atomic mass is 10.1. The highest BCUT2D eigenvalue weighted by Gasteiger charge is 2.34. The van der Waals surface area contributed by atoms with Crippen LogP contribution < -0.4 is 5.32 Å². The number of rotatable bonds is 7. The molecule has 0 aromatic carbocycles. The maximum Gasteiger partial charge on any atom is 0.331 e. The first-order chi connectivity index (χ1) is 6.78. The van der Waals surface area contributed by atoms with Crippen LogP contribution in [0, 0.1) is 0 Å². The molecule has 5 nitrogen and oxygen atoms in total. The minimum Gasteiger partial charge on any atom is -0.481 e. The largest absolute Gasteiger partial charge is 0.481 e. The van der Waals surface area contributed by atoms with E-state index in [1.165, 1.54) is 5.32 Å². The predicted molar refractivity (Wildman–Crippen MR) is 42.4 cm³/mol. The number of hydrogen-bond acceptors (Lipinski definition) is 3. The van der Waals surface area contributed by atoms with Gasteiger partial charge in [-0.1, -0.05) is 0 Å². The second-order valence-corrected chi connectivity index (χ2v) is 2.81. The summed E-state index contributed by atoms with van der Waals surface area (Å²) in [5, 5.41) is 17.9. The van der Waals surface area contributed by atoms with E-state index in [0.717, 1.165) is 0 Å². The quantitative estimate of drug-likeness (QED) is 0.552. The summed E-state index contributed by atoms with van der Waals surface area (Å²) in [4.78, 5) is 20.5. The van der Waals surface area contributed by atoms with Crippen molar-refractivity contribution < 1.29 is 33.0 Å². The predicted octanol–water partition coefficient (Wildman–Crippen LogP) is 0.456. The Balaban J connectivity index is 4.28. The van der Waals surface area contributed by atoms with Gasteiger partial charge in [0.05, 0.1) is 0 Å². The summed E-state index contributed by atoms with van der Waals surface area (Å²) in [6, 6.07) is -5.74. The Hall–Kier alpha value is -1.31. The van der Waals surface area contributed by atoms with Crippen molar-refractivity contribution in [1.82, 2.24) is 5.32 Å². The van der Waals surface area contributed by atoms with Gasteiger partial charge in [-0.3, -0.25) is 9.59 Å². The molecule has 88 valence electrons. The molecule has 0 radical (unpaired) electrons. The van der Waals surface area contributed by atoms with E-state index in [0.29, 0.717) is 0 Å². The minimum atomic E-state index is -3.96. The molecule has 0 saturated heterocycles. The average molecular weight is 229 g/mol. The Morgan fingerprint density at radius 3 is 2.20 bits per heavy atom. The van der Waals surface area contributed by atoms with Gasteiger partial charge in [0.15, 0.2) is 6.67 Å². The van der Waals surface area contributed by atoms with Crippen LogP contribution >= 0.6 is 0 Å². The molecule has 0 amide bonds. The molecule has 0 aliphatic rings. The summed E-state index contributed by atoms with van der Waals surface area (Å²) in [7, 11) is 0. The third-order valence-corrected chi connectivity index (χ3v) is 1.50. The number of nitrogens with one attached hydrogen (secondary N) is 1. The Kier molecular flexibility index (Phi) is 5.06. The van der Waals surface area contributed by atoms with Gasteiger partial charge in [-0.15, -0.1) is 0 Å². The molecule has 0 aromatic heterocycles. The Labute approximate surface area is 82.9 Å². The topological polar surface area (TPSA) is 86.6 Å². The fourth-order valence-electron chi connectivity index (χ4n) is 0.819.